The minimum atomic E-state index is -4.55. The van der Waals surface area contributed by atoms with Gasteiger partial charge in [0.1, 0.15) is 11.9 Å². The van der Waals surface area contributed by atoms with Gasteiger partial charge in [-0.2, -0.15) is 13.2 Å². The number of carbonyl (C=O) groups excluding carboxylic acids is 1. The number of hydrogen-bond donors (Lipinski definition) is 2. The van der Waals surface area contributed by atoms with Crippen LogP contribution in [0, 0.1) is 0 Å². The van der Waals surface area contributed by atoms with Gasteiger partial charge in [-0.25, -0.2) is 18.7 Å². The summed E-state index contributed by atoms with van der Waals surface area (Å²) in [7, 11) is 1.48. The number of anilines is 1. The van der Waals surface area contributed by atoms with Crippen molar-refractivity contribution in [2.45, 2.75) is 51.4 Å². The zero-order valence-corrected chi connectivity index (χ0v) is 18.1. The summed E-state index contributed by atoms with van der Waals surface area (Å²) in [6, 6.07) is -1.05. The van der Waals surface area contributed by atoms with E-state index in [0.717, 1.165) is 23.6 Å². The first-order valence-corrected chi connectivity index (χ1v) is 10.1. The Bertz CT molecular complexity index is 917. The highest BCUT2D eigenvalue weighted by Crippen LogP contribution is 2.36. The van der Waals surface area contributed by atoms with E-state index in [4.69, 9.17) is 0 Å². The van der Waals surface area contributed by atoms with E-state index in [-0.39, 0.29) is 34.3 Å². The van der Waals surface area contributed by atoms with Crippen molar-refractivity contribution < 1.29 is 31.9 Å². The molecule has 0 saturated carbocycles. The Morgan fingerprint density at radius 2 is 1.90 bits per heavy atom. The van der Waals surface area contributed by atoms with E-state index in [1.54, 1.807) is 13.8 Å². The molecule has 0 aliphatic carbocycles. The van der Waals surface area contributed by atoms with Crippen LogP contribution in [-0.4, -0.2) is 57.3 Å². The maximum Gasteiger partial charge on any atom is 0.408 e. The standard InChI is InChI=1S/C19H23F5N4O2S/c1-5-13(19(22,23)24)27-14-6-10(15(20)21)11(7-25-14)12-8-26-16(31-12)17(30)28(4)18(2,3)9-29/h6-8,13,15,29H,5,9H2,1-4H3,(H,25,27)/t13-/m0/s1. The third-order valence-electron chi connectivity index (χ3n) is 4.85. The summed E-state index contributed by atoms with van der Waals surface area (Å²) in [5.41, 5.74) is -1.41. The number of nitrogens with zero attached hydrogens (tertiary/aromatic N) is 3. The first kappa shape index (κ1) is 24.9. The van der Waals surface area contributed by atoms with Crippen molar-refractivity contribution >= 4 is 23.1 Å². The summed E-state index contributed by atoms with van der Waals surface area (Å²) in [6.45, 7) is 4.32. The zero-order valence-electron chi connectivity index (χ0n) is 17.3. The van der Waals surface area contributed by atoms with E-state index in [1.807, 2.05) is 0 Å². The molecule has 0 bridgehead atoms. The van der Waals surface area contributed by atoms with Crippen LogP contribution in [0.15, 0.2) is 18.5 Å². The number of aromatic nitrogens is 2. The molecule has 2 rings (SSSR count). The molecule has 0 radical (unpaired) electrons. The van der Waals surface area contributed by atoms with Crippen molar-refractivity contribution in [2.24, 2.45) is 0 Å². The molecule has 172 valence electrons. The molecule has 0 aliphatic heterocycles. The predicted octanol–water partition coefficient (Wildman–Crippen LogP) is 4.74. The smallest absolute Gasteiger partial charge is 0.394 e. The summed E-state index contributed by atoms with van der Waals surface area (Å²) in [5, 5.41) is 11.6. The number of amides is 1. The van der Waals surface area contributed by atoms with Gasteiger partial charge in [0.2, 0.25) is 0 Å². The van der Waals surface area contributed by atoms with E-state index in [2.05, 4.69) is 15.3 Å². The highest BCUT2D eigenvalue weighted by molar-refractivity contribution is 7.17. The van der Waals surface area contributed by atoms with Gasteiger partial charge in [-0.15, -0.1) is 11.3 Å². The first-order chi connectivity index (χ1) is 14.3. The lowest BCUT2D eigenvalue weighted by molar-refractivity contribution is -0.142. The number of likely N-dealkylation sites (N-methyl/N-ethyl adjacent to an activating group) is 1. The fraction of sp³-hybridized carbons (Fsp3) is 0.526. The lowest BCUT2D eigenvalue weighted by Gasteiger charge is -2.33. The topological polar surface area (TPSA) is 78.4 Å². The molecule has 0 spiro atoms. The van der Waals surface area contributed by atoms with Crippen LogP contribution >= 0.6 is 11.3 Å². The second kappa shape index (κ2) is 9.43. The number of aliphatic hydroxyl groups is 1. The molecule has 0 unspecified atom stereocenters. The third-order valence-corrected chi connectivity index (χ3v) is 5.87. The summed E-state index contributed by atoms with van der Waals surface area (Å²) < 4.78 is 66.2. The molecule has 6 nitrogen and oxygen atoms in total. The quantitative estimate of drug-likeness (QED) is 0.550. The van der Waals surface area contributed by atoms with Crippen molar-refractivity contribution in [1.29, 1.82) is 0 Å². The second-order valence-corrected chi connectivity index (χ2v) is 8.50. The number of thiazole rings is 1. The molecule has 1 atom stereocenters. The van der Waals surface area contributed by atoms with Crippen LogP contribution in [0.5, 0.6) is 0 Å². The molecule has 31 heavy (non-hydrogen) atoms. The molecule has 2 N–H and O–H groups in total. The lowest BCUT2D eigenvalue weighted by atomic mass is 10.1. The molecule has 1 amide bonds. The molecular formula is C19H23F5N4O2S. The van der Waals surface area contributed by atoms with Crippen LogP contribution in [-0.2, 0) is 0 Å². The molecule has 0 aliphatic rings. The van der Waals surface area contributed by atoms with Gasteiger partial charge in [0.25, 0.3) is 12.3 Å². The van der Waals surface area contributed by atoms with Gasteiger partial charge >= 0.3 is 6.18 Å². The minimum Gasteiger partial charge on any atom is -0.394 e. The third kappa shape index (κ3) is 5.67. The number of carbonyl (C=O) groups is 1. The number of rotatable bonds is 8. The van der Waals surface area contributed by atoms with Crippen LogP contribution in [0.25, 0.3) is 10.4 Å². The summed E-state index contributed by atoms with van der Waals surface area (Å²) in [5.74, 6) is -0.829. The molecule has 2 aromatic rings. The average Bonchev–Trinajstić information content (AvgIpc) is 3.19. The molecule has 0 saturated heterocycles. The van der Waals surface area contributed by atoms with E-state index in [1.165, 1.54) is 25.1 Å². The van der Waals surface area contributed by atoms with Crippen LogP contribution in [0.3, 0.4) is 0 Å². The van der Waals surface area contributed by atoms with Crippen LogP contribution in [0.4, 0.5) is 27.8 Å². The Morgan fingerprint density at radius 3 is 2.42 bits per heavy atom. The van der Waals surface area contributed by atoms with Gasteiger partial charge in [-0.1, -0.05) is 6.92 Å². The maximum absolute atomic E-state index is 13.6. The van der Waals surface area contributed by atoms with Gasteiger partial charge in [0.15, 0.2) is 5.01 Å². The fourth-order valence-corrected chi connectivity index (χ4v) is 3.48. The first-order valence-electron chi connectivity index (χ1n) is 9.28. The van der Waals surface area contributed by atoms with Gasteiger partial charge in [-0.3, -0.25) is 4.79 Å². The van der Waals surface area contributed by atoms with Crippen molar-refractivity contribution in [3.05, 3.63) is 29.0 Å². The summed E-state index contributed by atoms with van der Waals surface area (Å²) in [6.07, 6.45) is -5.56. The Labute approximate surface area is 180 Å². The van der Waals surface area contributed by atoms with Gasteiger partial charge in [0, 0.05) is 30.6 Å². The van der Waals surface area contributed by atoms with E-state index in [0.29, 0.717) is 0 Å². The largest absolute Gasteiger partial charge is 0.408 e. The lowest BCUT2D eigenvalue weighted by Crippen LogP contribution is -2.47. The fourth-order valence-electron chi connectivity index (χ4n) is 2.55. The number of halogens is 5. The van der Waals surface area contributed by atoms with Crippen LogP contribution < -0.4 is 5.32 Å². The van der Waals surface area contributed by atoms with Gasteiger partial charge < -0.3 is 15.3 Å². The average molecular weight is 466 g/mol. The molecule has 0 fully saturated rings. The summed E-state index contributed by atoms with van der Waals surface area (Å²) >= 11 is 0.851. The van der Waals surface area contributed by atoms with Crippen LogP contribution in [0.2, 0.25) is 0 Å². The number of aliphatic hydroxyl groups excluding tert-OH is 1. The molecule has 2 aromatic heterocycles. The molecular weight excluding hydrogens is 443 g/mol. The molecule has 0 aromatic carbocycles. The Hall–Kier alpha value is -2.34. The zero-order chi connectivity index (χ0) is 23.6. The Morgan fingerprint density at radius 1 is 1.26 bits per heavy atom. The van der Waals surface area contributed by atoms with Crippen molar-refractivity contribution in [3.63, 3.8) is 0 Å². The van der Waals surface area contributed by atoms with E-state index in [9.17, 15) is 31.9 Å². The van der Waals surface area contributed by atoms with Crippen molar-refractivity contribution in [3.8, 4) is 10.4 Å². The summed E-state index contributed by atoms with van der Waals surface area (Å²) in [4.78, 5) is 21.9. The highest BCUT2D eigenvalue weighted by Gasteiger charge is 2.38. The molecule has 12 heteroatoms. The van der Waals surface area contributed by atoms with E-state index < -0.39 is 35.7 Å². The maximum atomic E-state index is 13.6. The SMILES string of the molecule is CC[C@H](Nc1cc(C(F)F)c(-c2cnc(C(=O)N(C)C(C)(C)CO)s2)cn1)C(F)(F)F. The van der Waals surface area contributed by atoms with E-state index >= 15 is 0 Å². The van der Waals surface area contributed by atoms with Gasteiger partial charge in [-0.05, 0) is 26.3 Å². The second-order valence-electron chi connectivity index (χ2n) is 7.47. The highest BCUT2D eigenvalue weighted by atomic mass is 32.1. The number of nitrogens with one attached hydrogen (secondary N) is 1. The minimum absolute atomic E-state index is 0.0181. The monoisotopic (exact) mass is 466 g/mol. The number of alkyl halides is 5. The predicted molar refractivity (Wildman–Crippen MR) is 107 cm³/mol. The Kier molecular flexibility index (Phi) is 7.58. The van der Waals surface area contributed by atoms with Crippen LogP contribution in [0.1, 0.15) is 49.0 Å². The van der Waals surface area contributed by atoms with Crippen molar-refractivity contribution in [1.82, 2.24) is 14.9 Å². The number of hydrogen-bond acceptors (Lipinski definition) is 6. The normalized spacial score (nSPS) is 13.4. The number of pyridine rings is 1. The van der Waals surface area contributed by atoms with Crippen molar-refractivity contribution in [2.75, 3.05) is 19.0 Å². The Balaban J connectivity index is 2.36. The molecule has 2 heterocycles. The van der Waals surface area contributed by atoms with Gasteiger partial charge in [0.05, 0.1) is 17.0 Å².